The van der Waals surface area contributed by atoms with Gasteiger partial charge in [0.25, 0.3) is 0 Å². The lowest BCUT2D eigenvalue weighted by molar-refractivity contribution is 0.720. The van der Waals surface area contributed by atoms with Crippen LogP contribution in [0.2, 0.25) is 12.6 Å². The largest absolute Gasteiger partial charge is 0.317 e. The molecule has 0 amide bonds. The Morgan fingerprint density at radius 3 is 3.14 bits per heavy atom. The number of hydrogen-bond donors (Lipinski definition) is 1. The van der Waals surface area contributed by atoms with Crippen molar-refractivity contribution in [3.8, 4) is 0 Å². The van der Waals surface area contributed by atoms with Gasteiger partial charge in [-0.2, -0.15) is 0 Å². The molecule has 1 fully saturated rings. The van der Waals surface area contributed by atoms with Crippen molar-refractivity contribution in [2.24, 2.45) is 0 Å². The first-order chi connectivity index (χ1) is 3.50. The molecular formula is C5H12BN. The van der Waals surface area contributed by atoms with Crippen molar-refractivity contribution >= 4 is 7.28 Å². The summed E-state index contributed by atoms with van der Waals surface area (Å²) < 4.78 is 0. The average Bonchev–Trinajstić information content (AvgIpc) is 1.90. The predicted molar refractivity (Wildman–Crippen MR) is 34.2 cm³/mol. The third-order valence-corrected chi connectivity index (χ3v) is 1.46. The number of hydrogen-bond acceptors (Lipinski definition) is 1. The molecule has 0 aliphatic carbocycles. The van der Waals surface area contributed by atoms with Crippen LogP contribution in [0.5, 0.6) is 0 Å². The first-order valence-electron chi connectivity index (χ1n) is 3.21. The standard InChI is InChI=1S/C5H12BN/c1-2-6-3-5-7-4-1/h6-7H,1-5H2. The van der Waals surface area contributed by atoms with E-state index in [1.165, 1.54) is 39.4 Å². The quantitative estimate of drug-likeness (QED) is 0.427. The van der Waals surface area contributed by atoms with Crippen LogP contribution in [0.15, 0.2) is 0 Å². The van der Waals surface area contributed by atoms with Gasteiger partial charge in [0.05, 0.1) is 0 Å². The van der Waals surface area contributed by atoms with Gasteiger partial charge in [-0.1, -0.05) is 12.6 Å². The summed E-state index contributed by atoms with van der Waals surface area (Å²) in [7, 11) is 1.44. The van der Waals surface area contributed by atoms with Gasteiger partial charge in [0.15, 0.2) is 0 Å². The second kappa shape index (κ2) is 3.08. The molecule has 1 aliphatic heterocycles. The maximum Gasteiger partial charge on any atom is 0.122 e. The van der Waals surface area contributed by atoms with Gasteiger partial charge in [0, 0.05) is 0 Å². The average molecular weight is 97.0 g/mol. The molecule has 1 N–H and O–H groups in total. The van der Waals surface area contributed by atoms with Gasteiger partial charge < -0.3 is 5.32 Å². The third kappa shape index (κ3) is 1.98. The van der Waals surface area contributed by atoms with Crippen molar-refractivity contribution in [1.29, 1.82) is 0 Å². The van der Waals surface area contributed by atoms with E-state index < -0.39 is 0 Å². The van der Waals surface area contributed by atoms with Crippen molar-refractivity contribution < 1.29 is 0 Å². The van der Waals surface area contributed by atoms with Gasteiger partial charge in [-0.15, -0.1) is 0 Å². The van der Waals surface area contributed by atoms with E-state index in [9.17, 15) is 0 Å². The minimum Gasteiger partial charge on any atom is -0.317 e. The molecule has 2 heteroatoms. The summed E-state index contributed by atoms with van der Waals surface area (Å²) in [5.74, 6) is 0. The molecule has 1 saturated heterocycles. The number of rotatable bonds is 0. The van der Waals surface area contributed by atoms with Crippen molar-refractivity contribution in [2.45, 2.75) is 19.1 Å². The monoisotopic (exact) mass is 97.1 g/mol. The molecule has 1 rings (SSSR count). The Bertz CT molecular complexity index is 27.7. The molecule has 0 aromatic heterocycles. The van der Waals surface area contributed by atoms with Crippen LogP contribution in [0, 0.1) is 0 Å². The van der Waals surface area contributed by atoms with Gasteiger partial charge in [-0.25, -0.2) is 0 Å². The highest BCUT2D eigenvalue weighted by molar-refractivity contribution is 6.35. The predicted octanol–water partition coefficient (Wildman–Crippen LogP) is 0.253. The summed E-state index contributed by atoms with van der Waals surface area (Å²) >= 11 is 0. The van der Waals surface area contributed by atoms with Gasteiger partial charge in [-0.3, -0.25) is 0 Å². The van der Waals surface area contributed by atoms with Crippen molar-refractivity contribution in [2.75, 3.05) is 13.1 Å². The highest BCUT2D eigenvalue weighted by Crippen LogP contribution is 1.93. The fourth-order valence-electron chi connectivity index (χ4n) is 0.979. The maximum absolute atomic E-state index is 3.35. The molecule has 0 aromatic rings. The second-order valence-corrected chi connectivity index (χ2v) is 2.16. The Hall–Kier alpha value is 0.0249. The van der Waals surface area contributed by atoms with Crippen LogP contribution in [0.25, 0.3) is 0 Å². The van der Waals surface area contributed by atoms with Crippen LogP contribution in [0.1, 0.15) is 6.42 Å². The molecule has 1 nitrogen and oxygen atoms in total. The maximum atomic E-state index is 3.35. The van der Waals surface area contributed by atoms with Crippen LogP contribution >= 0.6 is 0 Å². The summed E-state index contributed by atoms with van der Waals surface area (Å²) in [6, 6.07) is 0. The number of nitrogens with one attached hydrogen (secondary N) is 1. The molecular weight excluding hydrogens is 84.9 g/mol. The molecule has 7 heavy (non-hydrogen) atoms. The van der Waals surface area contributed by atoms with E-state index >= 15 is 0 Å². The molecule has 0 unspecified atom stereocenters. The van der Waals surface area contributed by atoms with Crippen LogP contribution in [-0.2, 0) is 0 Å². The van der Waals surface area contributed by atoms with Gasteiger partial charge in [-0.05, 0) is 19.5 Å². The Morgan fingerprint density at radius 1 is 1.14 bits per heavy atom. The summed E-state index contributed by atoms with van der Waals surface area (Å²) in [6.45, 7) is 2.50. The second-order valence-electron chi connectivity index (χ2n) is 2.16. The Kier molecular flexibility index (Phi) is 2.28. The fraction of sp³-hybridized carbons (Fsp3) is 1.00. The highest BCUT2D eigenvalue weighted by Gasteiger charge is 1.96. The molecule has 0 saturated carbocycles. The minimum atomic E-state index is 1.25. The molecule has 0 spiro atoms. The Labute approximate surface area is 45.7 Å². The zero-order chi connectivity index (χ0) is 4.95. The SMILES string of the molecule is B1CCCNCC1. The first kappa shape index (κ1) is 5.17. The van der Waals surface area contributed by atoms with E-state index in [4.69, 9.17) is 0 Å². The van der Waals surface area contributed by atoms with E-state index in [2.05, 4.69) is 5.32 Å². The first-order valence-corrected chi connectivity index (χ1v) is 3.21. The van der Waals surface area contributed by atoms with Gasteiger partial charge in [0.1, 0.15) is 7.28 Å². The lowest BCUT2D eigenvalue weighted by atomic mass is 9.71. The highest BCUT2D eigenvalue weighted by atomic mass is 14.8. The fourth-order valence-corrected chi connectivity index (χ4v) is 0.979. The van der Waals surface area contributed by atoms with E-state index in [0.717, 1.165) is 0 Å². The van der Waals surface area contributed by atoms with Crippen LogP contribution < -0.4 is 5.32 Å². The topological polar surface area (TPSA) is 12.0 Å². The lowest BCUT2D eigenvalue weighted by Gasteiger charge is -1.92. The van der Waals surface area contributed by atoms with Crippen molar-refractivity contribution in [3.63, 3.8) is 0 Å². The molecule has 1 aliphatic rings. The zero-order valence-corrected chi connectivity index (χ0v) is 4.74. The summed E-state index contributed by atoms with van der Waals surface area (Å²) in [6.07, 6.45) is 4.22. The van der Waals surface area contributed by atoms with E-state index in [1.807, 2.05) is 0 Å². The van der Waals surface area contributed by atoms with E-state index in [0.29, 0.717) is 0 Å². The van der Waals surface area contributed by atoms with Crippen molar-refractivity contribution in [1.82, 2.24) is 5.32 Å². The van der Waals surface area contributed by atoms with Crippen molar-refractivity contribution in [3.05, 3.63) is 0 Å². The van der Waals surface area contributed by atoms with Crippen LogP contribution in [0.3, 0.4) is 0 Å². The van der Waals surface area contributed by atoms with E-state index in [-0.39, 0.29) is 0 Å². The molecule has 0 bridgehead atoms. The Balaban J connectivity index is 2.04. The van der Waals surface area contributed by atoms with Gasteiger partial charge in [0.2, 0.25) is 0 Å². The molecule has 40 valence electrons. The zero-order valence-electron chi connectivity index (χ0n) is 4.74. The minimum absolute atomic E-state index is 1.25. The summed E-state index contributed by atoms with van der Waals surface area (Å²) in [4.78, 5) is 0. The molecule has 0 aromatic carbocycles. The van der Waals surface area contributed by atoms with E-state index in [1.54, 1.807) is 0 Å². The smallest absolute Gasteiger partial charge is 0.122 e. The van der Waals surface area contributed by atoms with Crippen LogP contribution in [-0.4, -0.2) is 20.4 Å². The third-order valence-electron chi connectivity index (χ3n) is 1.46. The summed E-state index contributed by atoms with van der Waals surface area (Å²) in [5.41, 5.74) is 0. The van der Waals surface area contributed by atoms with Gasteiger partial charge >= 0.3 is 0 Å². The summed E-state index contributed by atoms with van der Waals surface area (Å²) in [5, 5.41) is 3.35. The molecule has 1 heterocycles. The lowest BCUT2D eigenvalue weighted by Crippen LogP contribution is -2.12. The van der Waals surface area contributed by atoms with Crippen LogP contribution in [0.4, 0.5) is 0 Å². The normalized spacial score (nSPS) is 22.9. The molecule has 0 radical (unpaired) electrons. The Morgan fingerprint density at radius 2 is 2.14 bits per heavy atom. The molecule has 0 atom stereocenters.